The van der Waals surface area contributed by atoms with E-state index < -0.39 is 0 Å². The number of fused-ring (bicyclic) bond motifs is 1. The van der Waals surface area contributed by atoms with Crippen molar-refractivity contribution in [1.82, 2.24) is 15.1 Å². The maximum absolute atomic E-state index is 12.7. The second-order valence-corrected chi connectivity index (χ2v) is 6.87. The highest BCUT2D eigenvalue weighted by Crippen LogP contribution is 2.30. The molecular weight excluding hydrogens is 354 g/mol. The third-order valence-corrected chi connectivity index (χ3v) is 4.84. The molecule has 1 fully saturated rings. The number of nitrogens with zero attached hydrogens (tertiary/aromatic N) is 4. The zero-order valence-corrected chi connectivity index (χ0v) is 15.0. The maximum atomic E-state index is 12.7. The Morgan fingerprint density at radius 2 is 2.27 bits per heavy atom. The van der Waals surface area contributed by atoms with Crippen LogP contribution in [-0.4, -0.2) is 34.1 Å². The Balaban J connectivity index is 1.53. The largest absolute Gasteiger partial charge is 0.355 e. The van der Waals surface area contributed by atoms with Crippen molar-refractivity contribution in [3.8, 4) is 0 Å². The van der Waals surface area contributed by atoms with Gasteiger partial charge in [0.2, 0.25) is 5.91 Å². The minimum absolute atomic E-state index is 0.00990. The van der Waals surface area contributed by atoms with Gasteiger partial charge in [0.05, 0.1) is 11.6 Å². The van der Waals surface area contributed by atoms with Gasteiger partial charge in [0, 0.05) is 23.8 Å². The van der Waals surface area contributed by atoms with Gasteiger partial charge in [-0.15, -0.1) is 0 Å². The van der Waals surface area contributed by atoms with Crippen LogP contribution in [0.15, 0.2) is 35.1 Å². The molecule has 7 nitrogen and oxygen atoms in total. The fraction of sp³-hybridized carbons (Fsp3) is 0.333. The molecule has 0 spiro atoms. The Kier molecular flexibility index (Phi) is 4.46. The number of carbonyl (C=O) groups is 1. The van der Waals surface area contributed by atoms with Gasteiger partial charge in [-0.3, -0.25) is 4.79 Å². The molecule has 1 aromatic carbocycles. The van der Waals surface area contributed by atoms with Gasteiger partial charge in [-0.25, -0.2) is 4.98 Å². The molecule has 3 heterocycles. The average molecular weight is 372 g/mol. The van der Waals surface area contributed by atoms with Crippen LogP contribution >= 0.6 is 11.6 Å². The molecule has 1 atom stereocenters. The number of aromatic nitrogens is 3. The van der Waals surface area contributed by atoms with Gasteiger partial charge >= 0.3 is 0 Å². The number of piperidine rings is 1. The Labute approximate surface area is 155 Å². The van der Waals surface area contributed by atoms with E-state index in [0.29, 0.717) is 23.0 Å². The summed E-state index contributed by atoms with van der Waals surface area (Å²) in [6.45, 7) is 3.28. The van der Waals surface area contributed by atoms with Crippen LogP contribution in [0.3, 0.4) is 0 Å². The lowest BCUT2D eigenvalue weighted by molar-refractivity contribution is -0.120. The molecule has 2 aromatic heterocycles. The summed E-state index contributed by atoms with van der Waals surface area (Å²) < 4.78 is 5.23. The number of anilines is 2. The predicted octanol–water partition coefficient (Wildman–Crippen LogP) is 3.43. The molecule has 1 amide bonds. The highest BCUT2D eigenvalue weighted by Gasteiger charge is 2.28. The van der Waals surface area contributed by atoms with Gasteiger partial charge in [0.15, 0.2) is 0 Å². The SMILES string of the molecule is Cc1noc2ncnc(N3CCC[C@H](C(=O)Nc4cccc(Cl)c4)C3)c12. The van der Waals surface area contributed by atoms with Crippen molar-refractivity contribution >= 4 is 40.1 Å². The number of hydrogen-bond acceptors (Lipinski definition) is 6. The summed E-state index contributed by atoms with van der Waals surface area (Å²) in [7, 11) is 0. The van der Waals surface area contributed by atoms with Crippen molar-refractivity contribution in [3.05, 3.63) is 41.3 Å². The Morgan fingerprint density at radius 3 is 3.12 bits per heavy atom. The van der Waals surface area contributed by atoms with E-state index >= 15 is 0 Å². The summed E-state index contributed by atoms with van der Waals surface area (Å²) in [4.78, 5) is 23.3. The monoisotopic (exact) mass is 371 g/mol. The van der Waals surface area contributed by atoms with Crippen LogP contribution in [0.4, 0.5) is 11.5 Å². The number of rotatable bonds is 3. The Morgan fingerprint density at radius 1 is 1.38 bits per heavy atom. The first-order valence-corrected chi connectivity index (χ1v) is 8.88. The predicted molar refractivity (Wildman–Crippen MR) is 99.4 cm³/mol. The molecule has 0 aliphatic carbocycles. The number of carbonyl (C=O) groups excluding carboxylic acids is 1. The molecule has 3 aromatic rings. The zero-order valence-electron chi connectivity index (χ0n) is 14.3. The lowest BCUT2D eigenvalue weighted by atomic mass is 9.96. The summed E-state index contributed by atoms with van der Waals surface area (Å²) >= 11 is 5.99. The van der Waals surface area contributed by atoms with E-state index in [0.717, 1.165) is 36.3 Å². The molecule has 1 aliphatic heterocycles. The maximum Gasteiger partial charge on any atom is 0.263 e. The lowest BCUT2D eigenvalue weighted by Gasteiger charge is -2.33. The molecular formula is C18H18ClN5O2. The molecule has 134 valence electrons. The van der Waals surface area contributed by atoms with E-state index in [1.54, 1.807) is 12.1 Å². The first-order chi connectivity index (χ1) is 12.6. The summed E-state index contributed by atoms with van der Waals surface area (Å²) in [5, 5.41) is 8.33. The Bertz CT molecular complexity index is 958. The van der Waals surface area contributed by atoms with Crippen molar-refractivity contribution < 1.29 is 9.32 Å². The minimum atomic E-state index is -0.132. The number of amides is 1. The molecule has 0 unspecified atom stereocenters. The molecule has 1 N–H and O–H groups in total. The molecule has 8 heteroatoms. The molecule has 26 heavy (non-hydrogen) atoms. The van der Waals surface area contributed by atoms with Gasteiger partial charge in [-0.2, -0.15) is 4.98 Å². The van der Waals surface area contributed by atoms with Gasteiger partial charge in [0.1, 0.15) is 17.5 Å². The van der Waals surface area contributed by atoms with Crippen molar-refractivity contribution in [2.24, 2.45) is 5.92 Å². The number of nitrogens with one attached hydrogen (secondary N) is 1. The molecule has 4 rings (SSSR count). The number of hydrogen-bond donors (Lipinski definition) is 1. The zero-order chi connectivity index (χ0) is 18.1. The van der Waals surface area contributed by atoms with Crippen molar-refractivity contribution in [1.29, 1.82) is 0 Å². The second-order valence-electron chi connectivity index (χ2n) is 6.43. The molecule has 1 aliphatic rings. The van der Waals surface area contributed by atoms with Crippen molar-refractivity contribution in [2.45, 2.75) is 19.8 Å². The van der Waals surface area contributed by atoms with E-state index in [1.807, 2.05) is 19.1 Å². The van der Waals surface area contributed by atoms with Crippen LogP contribution in [0.5, 0.6) is 0 Å². The summed E-state index contributed by atoms with van der Waals surface area (Å²) in [6.07, 6.45) is 3.21. The topological polar surface area (TPSA) is 84.2 Å². The summed E-state index contributed by atoms with van der Waals surface area (Å²) in [5.41, 5.74) is 1.93. The first kappa shape index (κ1) is 16.8. The van der Waals surface area contributed by atoms with Crippen LogP contribution in [0, 0.1) is 12.8 Å². The van der Waals surface area contributed by atoms with Crippen LogP contribution in [0.2, 0.25) is 5.02 Å². The average Bonchev–Trinajstić information content (AvgIpc) is 3.03. The highest BCUT2D eigenvalue weighted by molar-refractivity contribution is 6.30. The first-order valence-electron chi connectivity index (χ1n) is 8.50. The van der Waals surface area contributed by atoms with Crippen molar-refractivity contribution in [3.63, 3.8) is 0 Å². The van der Waals surface area contributed by atoms with Gasteiger partial charge < -0.3 is 14.7 Å². The third kappa shape index (κ3) is 3.22. The summed E-state index contributed by atoms with van der Waals surface area (Å²) in [6, 6.07) is 7.17. The smallest absolute Gasteiger partial charge is 0.263 e. The van der Waals surface area contributed by atoms with E-state index in [1.165, 1.54) is 6.33 Å². The van der Waals surface area contributed by atoms with Crippen LogP contribution in [-0.2, 0) is 4.79 Å². The standard InChI is InChI=1S/C18H18ClN5O2/c1-11-15-16(20-10-21-18(15)26-23-11)24-7-3-4-12(9-24)17(25)22-14-6-2-5-13(19)8-14/h2,5-6,8,10,12H,3-4,7,9H2,1H3,(H,22,25)/t12-/m0/s1. The van der Waals surface area contributed by atoms with Gasteiger partial charge in [-0.1, -0.05) is 22.8 Å². The fourth-order valence-electron chi connectivity index (χ4n) is 3.34. The van der Waals surface area contributed by atoms with Gasteiger partial charge in [-0.05, 0) is 38.0 Å². The molecule has 0 bridgehead atoms. The van der Waals surface area contributed by atoms with E-state index in [2.05, 4.69) is 25.3 Å². The minimum Gasteiger partial charge on any atom is -0.355 e. The lowest BCUT2D eigenvalue weighted by Crippen LogP contribution is -2.41. The quantitative estimate of drug-likeness (QED) is 0.759. The number of aryl methyl sites for hydroxylation is 1. The molecule has 0 saturated carbocycles. The van der Waals surface area contributed by atoms with Crippen LogP contribution in [0.25, 0.3) is 11.1 Å². The number of halogens is 1. The van der Waals surface area contributed by atoms with E-state index in [4.69, 9.17) is 16.1 Å². The Hall–Kier alpha value is -2.67. The highest BCUT2D eigenvalue weighted by atomic mass is 35.5. The van der Waals surface area contributed by atoms with Gasteiger partial charge in [0.25, 0.3) is 5.71 Å². The van der Waals surface area contributed by atoms with Crippen molar-refractivity contribution in [2.75, 3.05) is 23.3 Å². The van der Waals surface area contributed by atoms with Crippen LogP contribution in [0.1, 0.15) is 18.5 Å². The second kappa shape index (κ2) is 6.92. The molecule has 1 saturated heterocycles. The normalized spacial score (nSPS) is 17.5. The molecule has 0 radical (unpaired) electrons. The number of benzene rings is 1. The third-order valence-electron chi connectivity index (χ3n) is 4.61. The summed E-state index contributed by atoms with van der Waals surface area (Å²) in [5.74, 6) is 0.631. The van der Waals surface area contributed by atoms with Crippen LogP contribution < -0.4 is 10.2 Å². The fourth-order valence-corrected chi connectivity index (χ4v) is 3.53. The van der Waals surface area contributed by atoms with E-state index in [9.17, 15) is 4.79 Å². The van der Waals surface area contributed by atoms with E-state index in [-0.39, 0.29) is 11.8 Å².